The number of carboxylic acids is 2. The third-order valence-corrected chi connectivity index (χ3v) is 3.93. The van der Waals surface area contributed by atoms with Gasteiger partial charge in [0, 0.05) is 12.8 Å². The third kappa shape index (κ3) is 15.2. The Morgan fingerprint density at radius 2 is 1.29 bits per heavy atom. The summed E-state index contributed by atoms with van der Waals surface area (Å²) < 4.78 is 0. The van der Waals surface area contributed by atoms with Crippen molar-refractivity contribution in [2.24, 2.45) is 5.92 Å². The summed E-state index contributed by atoms with van der Waals surface area (Å²) in [4.78, 5) is 21.3. The molecule has 4 nitrogen and oxygen atoms in total. The minimum absolute atomic E-state index is 0.246. The van der Waals surface area contributed by atoms with E-state index in [4.69, 9.17) is 10.2 Å². The van der Waals surface area contributed by atoms with Crippen molar-refractivity contribution in [2.45, 2.75) is 90.4 Å². The molecule has 0 aliphatic carbocycles. The maximum absolute atomic E-state index is 10.9. The number of rotatable bonds is 15. The Hall–Kier alpha value is -1.06. The maximum Gasteiger partial charge on any atom is 0.303 e. The summed E-state index contributed by atoms with van der Waals surface area (Å²) in [5.74, 6) is -1.13. The van der Waals surface area contributed by atoms with E-state index in [1.165, 1.54) is 25.7 Å². The number of aliphatic carboxylic acids is 2. The predicted octanol–water partition coefficient (Wildman–Crippen LogP) is 4.86. The van der Waals surface area contributed by atoms with Crippen molar-refractivity contribution in [1.29, 1.82) is 0 Å². The summed E-state index contributed by atoms with van der Waals surface area (Å²) in [6, 6.07) is 0. The molecule has 1 atom stereocenters. The van der Waals surface area contributed by atoms with Gasteiger partial charge in [-0.25, -0.2) is 0 Å². The fourth-order valence-electron chi connectivity index (χ4n) is 2.69. The van der Waals surface area contributed by atoms with Crippen LogP contribution in [0.25, 0.3) is 0 Å². The lowest BCUT2D eigenvalue weighted by molar-refractivity contribution is -0.138. The molecule has 0 spiro atoms. The number of unbranched alkanes of at least 4 members (excludes halogenated alkanes) is 7. The van der Waals surface area contributed by atoms with Gasteiger partial charge >= 0.3 is 11.9 Å². The van der Waals surface area contributed by atoms with Gasteiger partial charge in [-0.05, 0) is 25.2 Å². The minimum atomic E-state index is -0.731. The predicted molar refractivity (Wildman–Crippen MR) is 84.5 cm³/mol. The van der Waals surface area contributed by atoms with Crippen LogP contribution < -0.4 is 0 Å². The van der Waals surface area contributed by atoms with E-state index in [1.54, 1.807) is 0 Å². The molecule has 0 radical (unpaired) electrons. The number of carbonyl (C=O) groups is 2. The van der Waals surface area contributed by atoms with Crippen LogP contribution in [0.2, 0.25) is 0 Å². The van der Waals surface area contributed by atoms with Gasteiger partial charge in [-0.2, -0.15) is 0 Å². The van der Waals surface area contributed by atoms with E-state index < -0.39 is 11.9 Å². The van der Waals surface area contributed by atoms with Crippen LogP contribution in [0.5, 0.6) is 0 Å². The highest BCUT2D eigenvalue weighted by atomic mass is 16.4. The normalized spacial score (nSPS) is 12.2. The summed E-state index contributed by atoms with van der Waals surface area (Å²) in [6.45, 7) is 2.19. The van der Waals surface area contributed by atoms with Crippen LogP contribution in [0, 0.1) is 5.92 Å². The maximum atomic E-state index is 10.9. The first-order valence-electron chi connectivity index (χ1n) is 8.49. The molecular formula is C17H32O4. The largest absolute Gasteiger partial charge is 0.481 e. The molecule has 0 aliphatic heterocycles. The van der Waals surface area contributed by atoms with Gasteiger partial charge < -0.3 is 10.2 Å². The van der Waals surface area contributed by atoms with E-state index in [2.05, 4.69) is 6.92 Å². The number of carboxylic acid groups (broad SMARTS) is 2. The van der Waals surface area contributed by atoms with Crippen LogP contribution in [0.1, 0.15) is 90.4 Å². The second-order valence-electron chi connectivity index (χ2n) is 6.01. The number of hydrogen-bond donors (Lipinski definition) is 2. The average Bonchev–Trinajstić information content (AvgIpc) is 2.41. The van der Waals surface area contributed by atoms with Gasteiger partial charge in [0.2, 0.25) is 0 Å². The molecule has 124 valence electrons. The van der Waals surface area contributed by atoms with Crippen molar-refractivity contribution in [3.63, 3.8) is 0 Å². The monoisotopic (exact) mass is 300 g/mol. The zero-order valence-electron chi connectivity index (χ0n) is 13.5. The molecule has 0 fully saturated rings. The van der Waals surface area contributed by atoms with Gasteiger partial charge in [-0.3, -0.25) is 9.59 Å². The Morgan fingerprint density at radius 3 is 1.76 bits per heavy atom. The highest BCUT2D eigenvalue weighted by molar-refractivity contribution is 5.67. The summed E-state index contributed by atoms with van der Waals surface area (Å²) in [6.07, 6.45) is 12.3. The lowest BCUT2D eigenvalue weighted by Crippen LogP contribution is -2.08. The fraction of sp³-hybridized carbons (Fsp3) is 0.882. The Kier molecular flexibility index (Phi) is 13.2. The Labute approximate surface area is 128 Å². The topological polar surface area (TPSA) is 74.6 Å². The van der Waals surface area contributed by atoms with Gasteiger partial charge in [0.1, 0.15) is 0 Å². The van der Waals surface area contributed by atoms with Crippen molar-refractivity contribution >= 4 is 11.9 Å². The molecule has 1 unspecified atom stereocenters. The van der Waals surface area contributed by atoms with Crippen LogP contribution in [0.4, 0.5) is 0 Å². The second-order valence-corrected chi connectivity index (χ2v) is 6.01. The molecule has 0 aliphatic rings. The summed E-state index contributed by atoms with van der Waals surface area (Å²) in [5, 5.41) is 17.5. The smallest absolute Gasteiger partial charge is 0.303 e. The molecule has 21 heavy (non-hydrogen) atoms. The van der Waals surface area contributed by atoms with Gasteiger partial charge in [0.25, 0.3) is 0 Å². The Morgan fingerprint density at radius 1 is 0.762 bits per heavy atom. The first-order valence-corrected chi connectivity index (χ1v) is 8.49. The van der Waals surface area contributed by atoms with E-state index in [0.29, 0.717) is 5.92 Å². The van der Waals surface area contributed by atoms with E-state index in [0.717, 1.165) is 44.9 Å². The van der Waals surface area contributed by atoms with Gasteiger partial charge in [-0.15, -0.1) is 0 Å². The molecule has 0 rings (SSSR count). The highest BCUT2D eigenvalue weighted by Gasteiger charge is 2.12. The summed E-state index contributed by atoms with van der Waals surface area (Å²) in [5.41, 5.74) is 0. The highest BCUT2D eigenvalue weighted by Crippen LogP contribution is 2.21. The van der Waals surface area contributed by atoms with Gasteiger partial charge in [0.15, 0.2) is 0 Å². The molecule has 0 amide bonds. The van der Waals surface area contributed by atoms with Crippen LogP contribution in [0.15, 0.2) is 0 Å². The molecule has 0 saturated carbocycles. The first-order chi connectivity index (χ1) is 10.1. The van der Waals surface area contributed by atoms with Crippen molar-refractivity contribution in [3.05, 3.63) is 0 Å². The van der Waals surface area contributed by atoms with Crippen molar-refractivity contribution in [3.8, 4) is 0 Å². The Bertz CT molecular complexity index is 276. The molecule has 0 aromatic heterocycles. The molecule has 0 aromatic rings. The molecule has 2 N–H and O–H groups in total. The molecular weight excluding hydrogens is 268 g/mol. The SMILES string of the molecule is CCCCCCCC(CCCCCCC(=O)O)CC(=O)O. The van der Waals surface area contributed by atoms with E-state index in [-0.39, 0.29) is 12.8 Å². The molecule has 0 saturated heterocycles. The van der Waals surface area contributed by atoms with Crippen molar-refractivity contribution < 1.29 is 19.8 Å². The fourth-order valence-corrected chi connectivity index (χ4v) is 2.69. The lowest BCUT2D eigenvalue weighted by Gasteiger charge is -2.14. The zero-order chi connectivity index (χ0) is 15.9. The first kappa shape index (κ1) is 19.9. The standard InChI is InChI=1S/C17H32O4/c1-2-3-4-5-8-11-15(14-17(20)21)12-9-6-7-10-13-16(18)19/h15H,2-14H2,1H3,(H,18,19)(H,20,21). The molecule has 0 heterocycles. The molecule has 0 bridgehead atoms. The van der Waals surface area contributed by atoms with Crippen LogP contribution in [0.3, 0.4) is 0 Å². The quantitative estimate of drug-likeness (QED) is 0.423. The van der Waals surface area contributed by atoms with Crippen LogP contribution >= 0.6 is 0 Å². The second kappa shape index (κ2) is 13.9. The Balaban J connectivity index is 3.69. The average molecular weight is 300 g/mol. The van der Waals surface area contributed by atoms with Gasteiger partial charge in [-0.1, -0.05) is 58.3 Å². The third-order valence-electron chi connectivity index (χ3n) is 3.93. The van der Waals surface area contributed by atoms with Gasteiger partial charge in [0.05, 0.1) is 0 Å². The summed E-state index contributed by atoms with van der Waals surface area (Å²) >= 11 is 0. The lowest BCUT2D eigenvalue weighted by atomic mass is 9.91. The minimum Gasteiger partial charge on any atom is -0.481 e. The number of hydrogen-bond acceptors (Lipinski definition) is 2. The summed E-state index contributed by atoms with van der Waals surface area (Å²) in [7, 11) is 0. The van der Waals surface area contributed by atoms with Crippen LogP contribution in [-0.2, 0) is 9.59 Å². The van der Waals surface area contributed by atoms with E-state index >= 15 is 0 Å². The molecule has 4 heteroatoms. The van der Waals surface area contributed by atoms with Crippen molar-refractivity contribution in [2.75, 3.05) is 0 Å². The van der Waals surface area contributed by atoms with E-state index in [1.807, 2.05) is 0 Å². The zero-order valence-corrected chi connectivity index (χ0v) is 13.5. The van der Waals surface area contributed by atoms with Crippen LogP contribution in [-0.4, -0.2) is 22.2 Å². The molecule has 0 aromatic carbocycles. The van der Waals surface area contributed by atoms with E-state index in [9.17, 15) is 9.59 Å². The van der Waals surface area contributed by atoms with Crippen molar-refractivity contribution in [1.82, 2.24) is 0 Å².